The largest absolute Gasteiger partial charge is 0.271 e. The molecule has 0 atom stereocenters. The Morgan fingerprint density at radius 1 is 1.24 bits per heavy atom. The minimum atomic E-state index is -0.462. The Morgan fingerprint density at radius 3 is 2.62 bits per heavy atom. The number of fused-ring (bicyclic) bond motifs is 1. The molecular weight excluding hydrogens is 288 g/mol. The zero-order chi connectivity index (χ0) is 15.0. The number of hydrogen-bond donors (Lipinski definition) is 0. The van der Waals surface area contributed by atoms with Crippen molar-refractivity contribution >= 4 is 33.9 Å². The van der Waals surface area contributed by atoms with Gasteiger partial charge < -0.3 is 0 Å². The summed E-state index contributed by atoms with van der Waals surface area (Å²) in [5.74, 6) is 0. The highest BCUT2D eigenvalue weighted by Gasteiger charge is 2.14. The molecule has 6 nitrogen and oxygen atoms in total. The van der Waals surface area contributed by atoms with Crippen LogP contribution in [-0.4, -0.2) is 24.9 Å². The molecule has 3 aromatic rings. The highest BCUT2D eigenvalue weighted by molar-refractivity contribution is 7.80. The van der Waals surface area contributed by atoms with Crippen LogP contribution >= 0.6 is 12.2 Å². The van der Waals surface area contributed by atoms with Crippen molar-refractivity contribution in [1.82, 2.24) is 15.0 Å². The smallest absolute Gasteiger partial charge is 0.258 e. The summed E-state index contributed by atoms with van der Waals surface area (Å²) in [6, 6.07) is 12.2. The highest BCUT2D eigenvalue weighted by Crippen LogP contribution is 2.19. The van der Waals surface area contributed by atoms with Gasteiger partial charge in [0.05, 0.1) is 10.4 Å². The fraction of sp³-hybridized carbons (Fsp3) is 0.0714. The van der Waals surface area contributed by atoms with E-state index in [1.807, 2.05) is 31.2 Å². The number of nitrogens with zero attached hydrogens (tertiary/aromatic N) is 4. The van der Waals surface area contributed by atoms with E-state index in [1.54, 1.807) is 6.07 Å². The molecule has 0 aliphatic heterocycles. The molecule has 0 radical (unpaired) electrons. The van der Waals surface area contributed by atoms with Gasteiger partial charge in [0.15, 0.2) is 0 Å². The Bertz CT molecular complexity index is 855. The van der Waals surface area contributed by atoms with Crippen LogP contribution in [-0.2, 0) is 0 Å². The number of benzene rings is 2. The lowest BCUT2D eigenvalue weighted by atomic mass is 10.1. The van der Waals surface area contributed by atoms with Gasteiger partial charge in [0.25, 0.3) is 5.69 Å². The van der Waals surface area contributed by atoms with E-state index < -0.39 is 4.92 Å². The van der Waals surface area contributed by atoms with Crippen molar-refractivity contribution in [3.63, 3.8) is 0 Å². The Hall–Kier alpha value is -2.67. The monoisotopic (exact) mass is 298 g/mol. The van der Waals surface area contributed by atoms with Crippen molar-refractivity contribution in [3.05, 3.63) is 63.7 Å². The van der Waals surface area contributed by atoms with Gasteiger partial charge in [0, 0.05) is 17.7 Å². The summed E-state index contributed by atoms with van der Waals surface area (Å²) in [6.45, 7) is 2.00. The minimum absolute atomic E-state index is 0.0178. The quantitative estimate of drug-likeness (QED) is 0.413. The number of aryl methyl sites for hydroxylation is 1. The molecule has 0 saturated carbocycles. The number of aromatic nitrogens is 3. The first kappa shape index (κ1) is 13.3. The number of nitro groups is 1. The van der Waals surface area contributed by atoms with Crippen LogP contribution in [0.3, 0.4) is 0 Å². The number of rotatable bonds is 2. The third kappa shape index (κ3) is 2.38. The van der Waals surface area contributed by atoms with Gasteiger partial charge in [0.1, 0.15) is 10.5 Å². The van der Waals surface area contributed by atoms with Crippen LogP contribution in [0.25, 0.3) is 11.0 Å². The van der Waals surface area contributed by atoms with Gasteiger partial charge in [-0.15, -0.1) is 5.10 Å². The third-order valence-corrected chi connectivity index (χ3v) is 3.54. The SMILES string of the molecule is Cc1ccc(C(=S)n2nnc3cc([N+](=O)[O-])ccc32)cc1. The lowest BCUT2D eigenvalue weighted by molar-refractivity contribution is -0.384. The van der Waals surface area contributed by atoms with E-state index in [0.29, 0.717) is 16.0 Å². The van der Waals surface area contributed by atoms with E-state index in [2.05, 4.69) is 10.3 Å². The molecular formula is C14H10N4O2S. The lowest BCUT2D eigenvalue weighted by Crippen LogP contribution is -2.12. The van der Waals surface area contributed by atoms with Crippen LogP contribution in [0.5, 0.6) is 0 Å². The molecule has 0 aliphatic carbocycles. The summed E-state index contributed by atoms with van der Waals surface area (Å²) >= 11 is 5.42. The second kappa shape index (κ2) is 5.02. The van der Waals surface area contributed by atoms with Gasteiger partial charge in [-0.25, -0.2) is 4.68 Å². The Balaban J connectivity index is 2.06. The molecule has 1 heterocycles. The van der Waals surface area contributed by atoms with Crippen molar-refractivity contribution in [2.45, 2.75) is 6.92 Å². The molecule has 0 fully saturated rings. The molecule has 104 valence electrons. The lowest BCUT2D eigenvalue weighted by Gasteiger charge is -2.04. The van der Waals surface area contributed by atoms with Crippen molar-refractivity contribution < 1.29 is 4.92 Å². The van der Waals surface area contributed by atoms with E-state index in [4.69, 9.17) is 12.2 Å². The zero-order valence-corrected chi connectivity index (χ0v) is 11.9. The molecule has 2 aromatic carbocycles. The molecule has 0 saturated heterocycles. The van der Waals surface area contributed by atoms with Gasteiger partial charge >= 0.3 is 0 Å². The van der Waals surface area contributed by atoms with Crippen LogP contribution in [0.1, 0.15) is 11.1 Å². The predicted octanol–water partition coefficient (Wildman–Crippen LogP) is 2.87. The third-order valence-electron chi connectivity index (χ3n) is 3.13. The molecule has 0 unspecified atom stereocenters. The fourth-order valence-corrected chi connectivity index (χ4v) is 2.27. The van der Waals surface area contributed by atoms with Crippen LogP contribution < -0.4 is 0 Å². The first-order valence-electron chi connectivity index (χ1n) is 6.17. The Morgan fingerprint density at radius 2 is 1.95 bits per heavy atom. The maximum Gasteiger partial charge on any atom is 0.271 e. The molecule has 3 rings (SSSR count). The molecule has 21 heavy (non-hydrogen) atoms. The Labute approximate surface area is 125 Å². The standard InChI is InChI=1S/C14H10N4O2S/c1-9-2-4-10(5-3-9)14(21)17-13-7-6-11(18(19)20)8-12(13)15-16-17/h2-8H,1H3. The van der Waals surface area contributed by atoms with E-state index in [1.165, 1.54) is 16.8 Å². The second-order valence-electron chi connectivity index (χ2n) is 4.60. The van der Waals surface area contributed by atoms with Gasteiger partial charge in [-0.05, 0) is 13.0 Å². The molecule has 1 aromatic heterocycles. The molecule has 0 aliphatic rings. The van der Waals surface area contributed by atoms with Crippen LogP contribution in [0.15, 0.2) is 42.5 Å². The summed E-state index contributed by atoms with van der Waals surface area (Å²) < 4.78 is 1.51. The van der Waals surface area contributed by atoms with Gasteiger partial charge in [0.2, 0.25) is 0 Å². The van der Waals surface area contributed by atoms with E-state index >= 15 is 0 Å². The van der Waals surface area contributed by atoms with E-state index in [-0.39, 0.29) is 5.69 Å². The maximum atomic E-state index is 10.8. The summed E-state index contributed by atoms with van der Waals surface area (Å²) in [5, 5.41) is 18.7. The first-order chi connectivity index (χ1) is 10.1. The fourth-order valence-electron chi connectivity index (χ4n) is 1.99. The molecule has 0 spiro atoms. The summed E-state index contributed by atoms with van der Waals surface area (Å²) in [4.78, 5) is 10.8. The number of hydrogen-bond acceptors (Lipinski definition) is 5. The summed E-state index contributed by atoms with van der Waals surface area (Å²) in [6.07, 6.45) is 0. The van der Waals surface area contributed by atoms with Crippen molar-refractivity contribution in [3.8, 4) is 0 Å². The van der Waals surface area contributed by atoms with Gasteiger partial charge in [-0.2, -0.15) is 0 Å². The first-order valence-corrected chi connectivity index (χ1v) is 6.58. The summed E-state index contributed by atoms with van der Waals surface area (Å²) in [5.41, 5.74) is 3.06. The zero-order valence-electron chi connectivity index (χ0n) is 11.1. The van der Waals surface area contributed by atoms with Gasteiger partial charge in [-0.1, -0.05) is 47.3 Å². The average molecular weight is 298 g/mol. The van der Waals surface area contributed by atoms with Crippen molar-refractivity contribution in [2.24, 2.45) is 0 Å². The number of nitro benzene ring substituents is 1. The number of thiocarbonyl (C=S) groups is 1. The Kier molecular flexibility index (Phi) is 3.19. The summed E-state index contributed by atoms with van der Waals surface area (Å²) in [7, 11) is 0. The number of non-ortho nitro benzene ring substituents is 1. The predicted molar refractivity (Wildman–Crippen MR) is 82.5 cm³/mol. The van der Waals surface area contributed by atoms with Gasteiger partial charge in [-0.3, -0.25) is 10.1 Å². The van der Waals surface area contributed by atoms with Crippen molar-refractivity contribution in [2.75, 3.05) is 0 Å². The van der Waals surface area contributed by atoms with Crippen LogP contribution in [0, 0.1) is 17.0 Å². The van der Waals surface area contributed by atoms with E-state index in [9.17, 15) is 10.1 Å². The molecule has 0 bridgehead atoms. The van der Waals surface area contributed by atoms with Crippen LogP contribution in [0.4, 0.5) is 5.69 Å². The highest BCUT2D eigenvalue weighted by atomic mass is 32.1. The normalized spacial score (nSPS) is 10.7. The van der Waals surface area contributed by atoms with Crippen molar-refractivity contribution in [1.29, 1.82) is 0 Å². The average Bonchev–Trinajstić information content (AvgIpc) is 2.90. The maximum absolute atomic E-state index is 10.8. The minimum Gasteiger partial charge on any atom is -0.258 e. The molecule has 0 amide bonds. The molecule has 0 N–H and O–H groups in total. The second-order valence-corrected chi connectivity index (χ2v) is 4.99. The topological polar surface area (TPSA) is 73.8 Å². The van der Waals surface area contributed by atoms with E-state index in [0.717, 1.165) is 11.1 Å². The molecule has 7 heteroatoms. The van der Waals surface area contributed by atoms with Crippen LogP contribution in [0.2, 0.25) is 0 Å².